The summed E-state index contributed by atoms with van der Waals surface area (Å²) in [5, 5.41) is 3.37. The average molecular weight is 250 g/mol. The Morgan fingerprint density at radius 2 is 1.83 bits per heavy atom. The van der Waals surface area contributed by atoms with Crippen LogP contribution in [0.1, 0.15) is 50.5 Å². The largest absolute Gasteiger partial charge is 0.463 e. The number of furan rings is 1. The van der Waals surface area contributed by atoms with Crippen molar-refractivity contribution in [2.45, 2.75) is 52.1 Å². The van der Waals surface area contributed by atoms with E-state index >= 15 is 0 Å². The summed E-state index contributed by atoms with van der Waals surface area (Å²) in [7, 11) is 0. The summed E-state index contributed by atoms with van der Waals surface area (Å²) in [6, 6.07) is 4.24. The van der Waals surface area contributed by atoms with E-state index in [-0.39, 0.29) is 0 Å². The molecule has 3 heteroatoms. The van der Waals surface area contributed by atoms with Crippen molar-refractivity contribution >= 4 is 0 Å². The van der Waals surface area contributed by atoms with Gasteiger partial charge in [-0.25, -0.2) is 0 Å². The van der Waals surface area contributed by atoms with Gasteiger partial charge in [0.2, 0.25) is 0 Å². The topological polar surface area (TPSA) is 28.4 Å². The maximum atomic E-state index is 5.87. The molecule has 1 fully saturated rings. The summed E-state index contributed by atoms with van der Waals surface area (Å²) in [6.45, 7) is 7.53. The fourth-order valence-corrected chi connectivity index (χ4v) is 2.51. The standard InChI is InChI=1S/C15H26N2O/c1-2-9-16-12-14-7-8-15(18-14)13-17-10-5-3-4-6-11-17/h7-8,16H,2-6,9-13H2,1H3. The van der Waals surface area contributed by atoms with E-state index in [0.29, 0.717) is 0 Å². The van der Waals surface area contributed by atoms with Gasteiger partial charge in [0.1, 0.15) is 11.5 Å². The van der Waals surface area contributed by atoms with Crippen molar-refractivity contribution in [3.63, 3.8) is 0 Å². The average Bonchev–Trinajstić information content (AvgIpc) is 2.65. The number of rotatable bonds is 6. The number of hydrogen-bond donors (Lipinski definition) is 1. The Labute approximate surface area is 111 Å². The zero-order chi connectivity index (χ0) is 12.6. The quantitative estimate of drug-likeness (QED) is 0.786. The van der Waals surface area contributed by atoms with Crippen LogP contribution in [0.2, 0.25) is 0 Å². The number of hydrogen-bond acceptors (Lipinski definition) is 3. The van der Waals surface area contributed by atoms with Crippen molar-refractivity contribution < 1.29 is 4.42 Å². The van der Waals surface area contributed by atoms with E-state index in [2.05, 4.69) is 29.3 Å². The van der Waals surface area contributed by atoms with Crippen LogP contribution < -0.4 is 5.32 Å². The minimum atomic E-state index is 0.855. The summed E-state index contributed by atoms with van der Waals surface area (Å²) >= 11 is 0. The molecule has 1 aromatic rings. The van der Waals surface area contributed by atoms with E-state index in [9.17, 15) is 0 Å². The number of nitrogens with zero attached hydrogens (tertiary/aromatic N) is 1. The van der Waals surface area contributed by atoms with Crippen LogP contribution in [0.25, 0.3) is 0 Å². The van der Waals surface area contributed by atoms with Gasteiger partial charge in [-0.1, -0.05) is 19.8 Å². The van der Waals surface area contributed by atoms with E-state index in [0.717, 1.165) is 31.2 Å². The highest BCUT2D eigenvalue weighted by molar-refractivity contribution is 5.07. The first-order valence-corrected chi connectivity index (χ1v) is 7.39. The lowest BCUT2D eigenvalue weighted by molar-refractivity contribution is 0.250. The third-order valence-corrected chi connectivity index (χ3v) is 3.52. The molecular formula is C15H26N2O. The summed E-state index contributed by atoms with van der Waals surface area (Å²) in [5.74, 6) is 2.18. The Morgan fingerprint density at radius 1 is 1.11 bits per heavy atom. The molecule has 18 heavy (non-hydrogen) atoms. The van der Waals surface area contributed by atoms with Crippen LogP contribution in [0.15, 0.2) is 16.5 Å². The first-order valence-electron chi connectivity index (χ1n) is 7.39. The lowest BCUT2D eigenvalue weighted by Crippen LogP contribution is -2.23. The molecular weight excluding hydrogens is 224 g/mol. The van der Waals surface area contributed by atoms with Gasteiger partial charge >= 0.3 is 0 Å². The molecule has 2 rings (SSSR count). The second kappa shape index (κ2) is 7.59. The summed E-state index contributed by atoms with van der Waals surface area (Å²) < 4.78 is 5.87. The molecule has 0 spiro atoms. The van der Waals surface area contributed by atoms with Crippen LogP contribution in [0.4, 0.5) is 0 Å². The van der Waals surface area contributed by atoms with E-state index in [4.69, 9.17) is 4.42 Å². The van der Waals surface area contributed by atoms with Gasteiger partial charge in [0.25, 0.3) is 0 Å². The third kappa shape index (κ3) is 4.46. The van der Waals surface area contributed by atoms with Crippen molar-refractivity contribution in [3.8, 4) is 0 Å². The Balaban J connectivity index is 1.78. The molecule has 1 aromatic heterocycles. The molecule has 3 nitrogen and oxygen atoms in total. The molecule has 0 saturated carbocycles. The van der Waals surface area contributed by atoms with Crippen LogP contribution in [-0.2, 0) is 13.1 Å². The summed E-state index contributed by atoms with van der Waals surface area (Å²) in [5.41, 5.74) is 0. The number of nitrogens with one attached hydrogen (secondary N) is 1. The zero-order valence-corrected chi connectivity index (χ0v) is 11.6. The molecule has 0 atom stereocenters. The molecule has 0 unspecified atom stereocenters. The highest BCUT2D eigenvalue weighted by Gasteiger charge is 2.11. The predicted octanol–water partition coefficient (Wildman–Crippen LogP) is 3.16. The smallest absolute Gasteiger partial charge is 0.118 e. The van der Waals surface area contributed by atoms with Gasteiger partial charge in [0.15, 0.2) is 0 Å². The molecule has 102 valence electrons. The molecule has 0 bridgehead atoms. The van der Waals surface area contributed by atoms with E-state index in [1.54, 1.807) is 0 Å². The van der Waals surface area contributed by atoms with Gasteiger partial charge in [-0.3, -0.25) is 4.90 Å². The molecule has 2 heterocycles. The normalized spacial score (nSPS) is 17.8. The molecule has 1 aliphatic heterocycles. The van der Waals surface area contributed by atoms with Gasteiger partial charge in [-0.15, -0.1) is 0 Å². The van der Waals surface area contributed by atoms with Crippen LogP contribution in [0.3, 0.4) is 0 Å². The lowest BCUT2D eigenvalue weighted by Gasteiger charge is -2.17. The maximum absolute atomic E-state index is 5.87. The van der Waals surface area contributed by atoms with Crippen molar-refractivity contribution in [2.24, 2.45) is 0 Å². The second-order valence-electron chi connectivity index (χ2n) is 5.24. The van der Waals surface area contributed by atoms with E-state index in [1.165, 1.54) is 45.2 Å². The van der Waals surface area contributed by atoms with Gasteiger partial charge in [0.05, 0.1) is 13.1 Å². The second-order valence-corrected chi connectivity index (χ2v) is 5.24. The first-order chi connectivity index (χ1) is 8.88. The molecule has 1 N–H and O–H groups in total. The van der Waals surface area contributed by atoms with Crippen molar-refractivity contribution in [1.82, 2.24) is 10.2 Å². The van der Waals surface area contributed by atoms with E-state index < -0.39 is 0 Å². The molecule has 0 aromatic carbocycles. The SMILES string of the molecule is CCCNCc1ccc(CN2CCCCCC2)o1. The molecule has 1 aliphatic rings. The predicted molar refractivity (Wildman–Crippen MR) is 74.5 cm³/mol. The van der Waals surface area contributed by atoms with Crippen molar-refractivity contribution in [2.75, 3.05) is 19.6 Å². The summed E-state index contributed by atoms with van der Waals surface area (Å²) in [6.07, 6.45) is 6.63. The molecule has 0 amide bonds. The van der Waals surface area contributed by atoms with Crippen LogP contribution in [0.5, 0.6) is 0 Å². The molecule has 0 radical (unpaired) electrons. The van der Waals surface area contributed by atoms with Crippen LogP contribution >= 0.6 is 0 Å². The minimum Gasteiger partial charge on any atom is -0.463 e. The van der Waals surface area contributed by atoms with E-state index in [1.807, 2.05) is 0 Å². The summed E-state index contributed by atoms with van der Waals surface area (Å²) in [4.78, 5) is 2.52. The molecule has 0 aliphatic carbocycles. The fraction of sp³-hybridized carbons (Fsp3) is 0.733. The Kier molecular flexibility index (Phi) is 5.75. The maximum Gasteiger partial charge on any atom is 0.118 e. The van der Waals surface area contributed by atoms with Gasteiger partial charge in [-0.2, -0.15) is 0 Å². The molecule has 1 saturated heterocycles. The zero-order valence-electron chi connectivity index (χ0n) is 11.6. The van der Waals surface area contributed by atoms with Crippen LogP contribution in [0, 0.1) is 0 Å². The number of likely N-dealkylation sites (tertiary alicyclic amines) is 1. The van der Waals surface area contributed by atoms with Gasteiger partial charge < -0.3 is 9.73 Å². The fourth-order valence-electron chi connectivity index (χ4n) is 2.51. The van der Waals surface area contributed by atoms with Gasteiger partial charge in [0, 0.05) is 0 Å². The first kappa shape index (κ1) is 13.6. The Morgan fingerprint density at radius 3 is 2.56 bits per heavy atom. The van der Waals surface area contributed by atoms with Gasteiger partial charge in [-0.05, 0) is 51.0 Å². The monoisotopic (exact) mass is 250 g/mol. The minimum absolute atomic E-state index is 0.855. The van der Waals surface area contributed by atoms with Crippen molar-refractivity contribution in [3.05, 3.63) is 23.7 Å². The Hall–Kier alpha value is -0.800. The highest BCUT2D eigenvalue weighted by atomic mass is 16.3. The van der Waals surface area contributed by atoms with Crippen molar-refractivity contribution in [1.29, 1.82) is 0 Å². The third-order valence-electron chi connectivity index (χ3n) is 3.52. The Bertz CT molecular complexity index is 327. The highest BCUT2D eigenvalue weighted by Crippen LogP contribution is 2.15. The van der Waals surface area contributed by atoms with Crippen LogP contribution in [-0.4, -0.2) is 24.5 Å². The lowest BCUT2D eigenvalue weighted by atomic mass is 10.2.